The van der Waals surface area contributed by atoms with Crippen molar-refractivity contribution in [2.75, 3.05) is 13.2 Å². The molecule has 1 unspecified atom stereocenters. The lowest BCUT2D eigenvalue weighted by molar-refractivity contribution is -0.167. The molecule has 0 aliphatic rings. The van der Waals surface area contributed by atoms with Crippen molar-refractivity contribution in [3.63, 3.8) is 0 Å². The smallest absolute Gasteiger partial charge is 0.306 e. The van der Waals surface area contributed by atoms with Crippen LogP contribution in [0.1, 0.15) is 278 Å². The molecule has 71 heavy (non-hydrogen) atoms. The van der Waals surface area contributed by atoms with Gasteiger partial charge in [0.25, 0.3) is 0 Å². The van der Waals surface area contributed by atoms with Crippen molar-refractivity contribution in [2.45, 2.75) is 284 Å². The Labute approximate surface area is 438 Å². The van der Waals surface area contributed by atoms with Crippen molar-refractivity contribution in [1.82, 2.24) is 0 Å². The lowest BCUT2D eigenvalue weighted by Crippen LogP contribution is -2.30. The Kier molecular flexibility index (Phi) is 55.9. The Morgan fingerprint density at radius 1 is 0.296 bits per heavy atom. The normalized spacial score (nSPS) is 12.8. The van der Waals surface area contributed by atoms with E-state index in [1.807, 2.05) is 0 Å². The first-order valence-electron chi connectivity index (χ1n) is 29.7. The average Bonchev–Trinajstić information content (AvgIpc) is 3.37. The maximum atomic E-state index is 12.8. The molecule has 406 valence electrons. The first kappa shape index (κ1) is 67.3. The van der Waals surface area contributed by atoms with Gasteiger partial charge in [-0.2, -0.15) is 0 Å². The minimum atomic E-state index is -0.775. The molecule has 6 heteroatoms. The molecule has 0 aromatic carbocycles. The summed E-state index contributed by atoms with van der Waals surface area (Å²) in [5.41, 5.74) is 0. The van der Waals surface area contributed by atoms with E-state index in [1.54, 1.807) is 0 Å². The molecule has 0 aromatic rings. The van der Waals surface area contributed by atoms with Gasteiger partial charge in [0, 0.05) is 19.3 Å². The highest BCUT2D eigenvalue weighted by Crippen LogP contribution is 2.15. The minimum absolute atomic E-state index is 0.0765. The number of carbonyl (C=O) groups excluding carboxylic acids is 3. The first-order chi connectivity index (χ1) is 35.0. The van der Waals surface area contributed by atoms with E-state index in [2.05, 4.69) is 118 Å². The van der Waals surface area contributed by atoms with Gasteiger partial charge in [-0.25, -0.2) is 0 Å². The van der Waals surface area contributed by atoms with Crippen molar-refractivity contribution in [3.05, 3.63) is 97.2 Å². The van der Waals surface area contributed by atoms with Gasteiger partial charge in [-0.15, -0.1) is 0 Å². The quantitative estimate of drug-likeness (QED) is 0.0261. The molecule has 0 aliphatic carbocycles. The molecule has 0 saturated heterocycles. The van der Waals surface area contributed by atoms with Crippen LogP contribution in [0.4, 0.5) is 0 Å². The fraction of sp³-hybridized carbons (Fsp3) is 0.708. The molecule has 0 radical (unpaired) electrons. The van der Waals surface area contributed by atoms with E-state index in [0.29, 0.717) is 19.3 Å². The van der Waals surface area contributed by atoms with E-state index in [-0.39, 0.29) is 31.1 Å². The standard InChI is InChI=1S/C65H110O6/c1-4-7-10-13-16-18-20-22-23-24-25-26-27-28-29-30-31-32-33-34-35-36-37-38-39-40-41-43-44-46-49-52-55-58-64(67)70-61-62(60-69-63(66)57-54-51-48-15-12-9-6-3)71-65(68)59-56-53-50-47-45-42-21-19-17-14-11-8-5-2/h7,10,16,18,22-23,25-26,28-29,31-32,34-35,37-38,62H,4-6,8-9,11-15,17,19-21,24,27,30,33,36,39-61H2,1-3H3/b10-7-,18-16-,23-22-,26-25-,29-28-,32-31-,35-34-,38-37-. The van der Waals surface area contributed by atoms with Crippen molar-refractivity contribution in [2.24, 2.45) is 0 Å². The summed E-state index contributed by atoms with van der Waals surface area (Å²) in [6.45, 7) is 6.48. The van der Waals surface area contributed by atoms with Crippen molar-refractivity contribution in [1.29, 1.82) is 0 Å². The van der Waals surface area contributed by atoms with Gasteiger partial charge in [0.05, 0.1) is 0 Å². The molecule has 0 N–H and O–H groups in total. The maximum Gasteiger partial charge on any atom is 0.306 e. The van der Waals surface area contributed by atoms with Gasteiger partial charge < -0.3 is 14.2 Å². The van der Waals surface area contributed by atoms with E-state index in [0.717, 1.165) is 116 Å². The highest BCUT2D eigenvalue weighted by Gasteiger charge is 2.19. The van der Waals surface area contributed by atoms with Gasteiger partial charge >= 0.3 is 17.9 Å². The van der Waals surface area contributed by atoms with Crippen LogP contribution in [-0.4, -0.2) is 37.2 Å². The van der Waals surface area contributed by atoms with E-state index in [4.69, 9.17) is 14.2 Å². The molecule has 0 amide bonds. The van der Waals surface area contributed by atoms with E-state index >= 15 is 0 Å². The zero-order chi connectivity index (χ0) is 51.4. The van der Waals surface area contributed by atoms with Gasteiger partial charge in [0.15, 0.2) is 6.10 Å². The molecular formula is C65H110O6. The van der Waals surface area contributed by atoms with E-state index in [9.17, 15) is 14.4 Å². The molecule has 6 nitrogen and oxygen atoms in total. The molecule has 0 bridgehead atoms. The number of ether oxygens (including phenoxy) is 3. The van der Waals surface area contributed by atoms with Crippen LogP contribution < -0.4 is 0 Å². The molecule has 0 spiro atoms. The molecule has 0 aliphatic heterocycles. The Morgan fingerprint density at radius 2 is 0.549 bits per heavy atom. The van der Waals surface area contributed by atoms with Crippen LogP contribution in [0.5, 0.6) is 0 Å². The number of unbranched alkanes of at least 4 members (excludes halogenated alkanes) is 26. The Morgan fingerprint density at radius 3 is 0.859 bits per heavy atom. The largest absolute Gasteiger partial charge is 0.462 e. The van der Waals surface area contributed by atoms with Gasteiger partial charge in [0.1, 0.15) is 13.2 Å². The number of rotatable bonds is 53. The van der Waals surface area contributed by atoms with Crippen LogP contribution >= 0.6 is 0 Å². The van der Waals surface area contributed by atoms with Crippen LogP contribution in [-0.2, 0) is 28.6 Å². The topological polar surface area (TPSA) is 78.9 Å². The zero-order valence-corrected chi connectivity index (χ0v) is 46.5. The second-order valence-corrected chi connectivity index (χ2v) is 19.5. The second kappa shape index (κ2) is 58.9. The van der Waals surface area contributed by atoms with Crippen LogP contribution in [0.3, 0.4) is 0 Å². The molecule has 1 atom stereocenters. The molecule has 0 heterocycles. The molecule has 0 aromatic heterocycles. The Balaban J connectivity index is 4.11. The highest BCUT2D eigenvalue weighted by molar-refractivity contribution is 5.71. The summed E-state index contributed by atoms with van der Waals surface area (Å²) in [6.07, 6.45) is 78.6. The lowest BCUT2D eigenvalue weighted by atomic mass is 10.0. The Hall–Kier alpha value is -3.67. The molecular weight excluding hydrogens is 877 g/mol. The number of hydrogen-bond acceptors (Lipinski definition) is 6. The van der Waals surface area contributed by atoms with Crippen molar-refractivity contribution in [3.8, 4) is 0 Å². The van der Waals surface area contributed by atoms with E-state index < -0.39 is 6.10 Å². The monoisotopic (exact) mass is 987 g/mol. The second-order valence-electron chi connectivity index (χ2n) is 19.5. The summed E-state index contributed by atoms with van der Waals surface area (Å²) < 4.78 is 16.8. The van der Waals surface area contributed by atoms with Gasteiger partial charge in [-0.3, -0.25) is 14.4 Å². The summed E-state index contributed by atoms with van der Waals surface area (Å²) in [5, 5.41) is 0. The van der Waals surface area contributed by atoms with Crippen molar-refractivity contribution < 1.29 is 28.6 Å². The first-order valence-corrected chi connectivity index (χ1v) is 29.7. The van der Waals surface area contributed by atoms with Crippen LogP contribution in [0.2, 0.25) is 0 Å². The van der Waals surface area contributed by atoms with Crippen LogP contribution in [0, 0.1) is 0 Å². The third kappa shape index (κ3) is 57.1. The lowest BCUT2D eigenvalue weighted by Gasteiger charge is -2.18. The summed E-state index contributed by atoms with van der Waals surface area (Å²) in [6, 6.07) is 0. The SMILES string of the molecule is CC/C=C\C/C=C\C/C=C\C/C=C\C/C=C\C/C=C\C/C=C\C/C=C\CCCCCCCCCCC(=O)OCC(COC(=O)CCCCCCCCC)OC(=O)CCCCCCCCCCCCCCC. The maximum absolute atomic E-state index is 12.8. The fourth-order valence-corrected chi connectivity index (χ4v) is 8.16. The third-order valence-electron chi connectivity index (χ3n) is 12.6. The number of carbonyl (C=O) groups is 3. The summed E-state index contributed by atoms with van der Waals surface area (Å²) in [7, 11) is 0. The Bertz CT molecular complexity index is 1410. The number of hydrogen-bond donors (Lipinski definition) is 0. The van der Waals surface area contributed by atoms with Gasteiger partial charge in [-0.1, -0.05) is 272 Å². The third-order valence-corrected chi connectivity index (χ3v) is 12.6. The molecule has 0 fully saturated rings. The fourth-order valence-electron chi connectivity index (χ4n) is 8.16. The summed E-state index contributed by atoms with van der Waals surface area (Å²) in [4.78, 5) is 37.9. The highest BCUT2D eigenvalue weighted by atomic mass is 16.6. The average molecular weight is 988 g/mol. The predicted octanol–water partition coefficient (Wildman–Crippen LogP) is 20.1. The van der Waals surface area contributed by atoms with Crippen LogP contribution in [0.25, 0.3) is 0 Å². The minimum Gasteiger partial charge on any atom is -0.462 e. The molecule has 0 rings (SSSR count). The van der Waals surface area contributed by atoms with E-state index in [1.165, 1.54) is 122 Å². The summed E-state index contributed by atoms with van der Waals surface area (Å²) in [5.74, 6) is -0.887. The predicted molar refractivity (Wildman–Crippen MR) is 307 cm³/mol. The summed E-state index contributed by atoms with van der Waals surface area (Å²) >= 11 is 0. The van der Waals surface area contributed by atoms with Gasteiger partial charge in [0.2, 0.25) is 0 Å². The molecule has 0 saturated carbocycles. The zero-order valence-electron chi connectivity index (χ0n) is 46.5. The van der Waals surface area contributed by atoms with Crippen LogP contribution in [0.15, 0.2) is 97.2 Å². The van der Waals surface area contributed by atoms with Crippen molar-refractivity contribution >= 4 is 17.9 Å². The number of esters is 3. The number of allylic oxidation sites excluding steroid dienone is 16. The van der Waals surface area contributed by atoms with Gasteiger partial charge in [-0.05, 0) is 83.5 Å².